The number of ether oxygens (including phenoxy) is 1. The van der Waals surface area contributed by atoms with Gasteiger partial charge in [0.05, 0.1) is 11.1 Å². The number of aromatic carboxylic acids is 1. The van der Waals surface area contributed by atoms with E-state index in [-0.39, 0.29) is 39.3 Å². The molecule has 0 saturated heterocycles. The fourth-order valence-corrected chi connectivity index (χ4v) is 3.49. The first kappa shape index (κ1) is 23.1. The topological polar surface area (TPSA) is 118 Å². The molecule has 4 aromatic carbocycles. The molecule has 4 aromatic rings. The minimum Gasteiger partial charge on any atom is -0.508 e. The monoisotopic (exact) mass is 466 g/mol. The lowest BCUT2D eigenvalue weighted by Crippen LogP contribution is -2.15. The fourth-order valence-electron chi connectivity index (χ4n) is 3.49. The minimum absolute atomic E-state index is 0.0163. The number of rotatable bonds is 7. The molecular weight excluding hydrogens is 448 g/mol. The van der Waals surface area contributed by atoms with Gasteiger partial charge >= 0.3 is 11.9 Å². The highest BCUT2D eigenvalue weighted by atomic mass is 16.5. The molecule has 7 nitrogen and oxygen atoms in total. The quantitative estimate of drug-likeness (QED) is 0.229. The van der Waals surface area contributed by atoms with Crippen molar-refractivity contribution < 1.29 is 34.1 Å². The normalized spacial score (nSPS) is 10.4. The number of carboxylic acid groups (broad SMARTS) is 1. The molecule has 172 valence electrons. The van der Waals surface area contributed by atoms with Crippen molar-refractivity contribution in [3.8, 4) is 11.5 Å². The van der Waals surface area contributed by atoms with Gasteiger partial charge in [-0.2, -0.15) is 0 Å². The summed E-state index contributed by atoms with van der Waals surface area (Å²) in [4.78, 5) is 49.9. The second-order valence-electron chi connectivity index (χ2n) is 7.52. The zero-order chi connectivity index (χ0) is 24.9. The standard InChI is InChI=1S/C28H18O7/c29-19-13-9-17(10-14-19)26(31)22-6-2-4-8-24(22)28(34)35-20-15-11-18(12-16-20)25(30)21-5-1-3-7-23(21)27(32)33/h1-16,29H,(H,32,33). The van der Waals surface area contributed by atoms with Gasteiger partial charge in [0, 0.05) is 22.3 Å². The molecule has 0 unspecified atom stereocenters. The Morgan fingerprint density at radius 2 is 0.971 bits per heavy atom. The number of ketones is 2. The molecular formula is C28H18O7. The van der Waals surface area contributed by atoms with Gasteiger partial charge in [-0.1, -0.05) is 36.4 Å². The molecule has 0 aliphatic heterocycles. The van der Waals surface area contributed by atoms with Gasteiger partial charge in [-0.3, -0.25) is 9.59 Å². The van der Waals surface area contributed by atoms with Crippen molar-refractivity contribution in [2.45, 2.75) is 0 Å². The summed E-state index contributed by atoms with van der Waals surface area (Å²) in [6, 6.07) is 23.5. The predicted octanol–water partition coefficient (Wildman–Crippen LogP) is 4.77. The number of hydrogen-bond acceptors (Lipinski definition) is 6. The van der Waals surface area contributed by atoms with Gasteiger partial charge in [-0.05, 0) is 60.7 Å². The number of carbonyl (C=O) groups excluding carboxylic acids is 3. The van der Waals surface area contributed by atoms with Crippen molar-refractivity contribution in [2.75, 3.05) is 0 Å². The van der Waals surface area contributed by atoms with Gasteiger partial charge in [-0.25, -0.2) is 9.59 Å². The summed E-state index contributed by atoms with van der Waals surface area (Å²) in [6.45, 7) is 0. The van der Waals surface area contributed by atoms with Gasteiger partial charge in [0.2, 0.25) is 0 Å². The lowest BCUT2D eigenvalue weighted by atomic mass is 9.98. The average molecular weight is 466 g/mol. The van der Waals surface area contributed by atoms with E-state index in [4.69, 9.17) is 4.74 Å². The summed E-state index contributed by atoms with van der Waals surface area (Å²) in [5.41, 5.74) is 0.657. The van der Waals surface area contributed by atoms with E-state index < -0.39 is 23.5 Å². The van der Waals surface area contributed by atoms with Gasteiger partial charge in [0.25, 0.3) is 0 Å². The summed E-state index contributed by atoms with van der Waals surface area (Å²) in [7, 11) is 0. The Morgan fingerprint density at radius 1 is 0.543 bits per heavy atom. The van der Waals surface area contributed by atoms with Crippen LogP contribution in [0, 0.1) is 0 Å². The van der Waals surface area contributed by atoms with Crippen LogP contribution in [0.4, 0.5) is 0 Å². The van der Waals surface area contributed by atoms with Crippen LogP contribution in [0.5, 0.6) is 11.5 Å². The summed E-state index contributed by atoms with van der Waals surface area (Å²) < 4.78 is 5.41. The molecule has 0 heterocycles. The summed E-state index contributed by atoms with van der Waals surface area (Å²) in [6.07, 6.45) is 0. The van der Waals surface area contributed by atoms with Gasteiger partial charge < -0.3 is 14.9 Å². The lowest BCUT2D eigenvalue weighted by Gasteiger charge is -2.10. The van der Waals surface area contributed by atoms with Crippen molar-refractivity contribution in [3.63, 3.8) is 0 Å². The Morgan fingerprint density at radius 3 is 1.49 bits per heavy atom. The third-order valence-electron chi connectivity index (χ3n) is 5.25. The number of esters is 1. The molecule has 0 amide bonds. The zero-order valence-electron chi connectivity index (χ0n) is 18.2. The summed E-state index contributed by atoms with van der Waals surface area (Å²) in [5, 5.41) is 18.8. The first-order valence-electron chi connectivity index (χ1n) is 10.5. The van der Waals surface area contributed by atoms with Crippen LogP contribution in [0.15, 0.2) is 97.1 Å². The molecule has 0 saturated carbocycles. The largest absolute Gasteiger partial charge is 0.508 e. The second kappa shape index (κ2) is 9.84. The van der Waals surface area contributed by atoms with Gasteiger partial charge in [0.1, 0.15) is 11.5 Å². The van der Waals surface area contributed by atoms with E-state index in [2.05, 4.69) is 0 Å². The molecule has 0 radical (unpaired) electrons. The van der Waals surface area contributed by atoms with Crippen LogP contribution >= 0.6 is 0 Å². The van der Waals surface area contributed by atoms with Crippen LogP contribution in [-0.2, 0) is 0 Å². The maximum atomic E-state index is 12.9. The number of aromatic hydroxyl groups is 1. The van der Waals surface area contributed by atoms with Gasteiger partial charge in [-0.15, -0.1) is 0 Å². The van der Waals surface area contributed by atoms with Crippen LogP contribution in [0.2, 0.25) is 0 Å². The fraction of sp³-hybridized carbons (Fsp3) is 0. The Bertz CT molecular complexity index is 1440. The van der Waals surface area contributed by atoms with Crippen molar-refractivity contribution in [1.29, 1.82) is 0 Å². The van der Waals surface area contributed by atoms with Crippen LogP contribution in [-0.4, -0.2) is 33.7 Å². The van der Waals surface area contributed by atoms with Crippen LogP contribution in [0.25, 0.3) is 0 Å². The van der Waals surface area contributed by atoms with Crippen molar-refractivity contribution >= 4 is 23.5 Å². The Kier molecular flexibility index (Phi) is 6.50. The van der Waals surface area contributed by atoms with E-state index >= 15 is 0 Å². The van der Waals surface area contributed by atoms with E-state index in [1.807, 2.05) is 0 Å². The van der Waals surface area contributed by atoms with E-state index in [1.165, 1.54) is 78.9 Å². The first-order valence-corrected chi connectivity index (χ1v) is 10.5. The maximum Gasteiger partial charge on any atom is 0.344 e. The number of phenolic OH excluding ortho intramolecular Hbond substituents is 1. The minimum atomic E-state index is -1.21. The Labute approximate surface area is 199 Å². The Hall–Kier alpha value is -5.04. The highest BCUT2D eigenvalue weighted by molar-refractivity contribution is 6.15. The third-order valence-corrected chi connectivity index (χ3v) is 5.25. The highest BCUT2D eigenvalue weighted by Gasteiger charge is 2.21. The predicted molar refractivity (Wildman–Crippen MR) is 126 cm³/mol. The molecule has 4 rings (SSSR count). The van der Waals surface area contributed by atoms with E-state index in [0.717, 1.165) is 0 Å². The number of benzene rings is 4. The zero-order valence-corrected chi connectivity index (χ0v) is 18.2. The molecule has 0 aliphatic rings. The SMILES string of the molecule is O=C(O)c1ccccc1C(=O)c1ccc(OC(=O)c2ccccc2C(=O)c2ccc(O)cc2)cc1. The number of carboxylic acids is 1. The van der Waals surface area contributed by atoms with E-state index in [1.54, 1.807) is 18.2 Å². The number of carbonyl (C=O) groups is 4. The van der Waals surface area contributed by atoms with Crippen LogP contribution < -0.4 is 4.74 Å². The molecule has 0 fully saturated rings. The molecule has 0 atom stereocenters. The first-order chi connectivity index (χ1) is 16.8. The van der Waals surface area contributed by atoms with Gasteiger partial charge in [0.15, 0.2) is 11.6 Å². The molecule has 0 bridgehead atoms. The van der Waals surface area contributed by atoms with Crippen molar-refractivity contribution in [2.24, 2.45) is 0 Å². The molecule has 0 aromatic heterocycles. The molecule has 0 aliphatic carbocycles. The maximum absolute atomic E-state index is 12.9. The van der Waals surface area contributed by atoms with Crippen LogP contribution in [0.1, 0.15) is 52.6 Å². The number of phenols is 1. The second-order valence-corrected chi connectivity index (χ2v) is 7.52. The molecule has 7 heteroatoms. The smallest absolute Gasteiger partial charge is 0.344 e. The average Bonchev–Trinajstić information content (AvgIpc) is 2.88. The van der Waals surface area contributed by atoms with E-state index in [0.29, 0.717) is 5.56 Å². The summed E-state index contributed by atoms with van der Waals surface area (Å²) in [5.74, 6) is -2.70. The van der Waals surface area contributed by atoms with Crippen molar-refractivity contribution in [3.05, 3.63) is 130 Å². The number of hydrogen-bond donors (Lipinski definition) is 2. The third kappa shape index (κ3) is 4.99. The Balaban J connectivity index is 1.54. The molecule has 2 N–H and O–H groups in total. The molecule has 35 heavy (non-hydrogen) atoms. The summed E-state index contributed by atoms with van der Waals surface area (Å²) >= 11 is 0. The molecule has 0 spiro atoms. The van der Waals surface area contributed by atoms with Crippen LogP contribution in [0.3, 0.4) is 0 Å². The lowest BCUT2D eigenvalue weighted by molar-refractivity contribution is 0.0690. The van der Waals surface area contributed by atoms with E-state index in [9.17, 15) is 29.4 Å². The highest BCUT2D eigenvalue weighted by Crippen LogP contribution is 2.21. The van der Waals surface area contributed by atoms with Crippen molar-refractivity contribution in [1.82, 2.24) is 0 Å².